The van der Waals surface area contributed by atoms with Crippen molar-refractivity contribution < 1.29 is 14.4 Å². The van der Waals surface area contributed by atoms with E-state index >= 15 is 0 Å². The van der Waals surface area contributed by atoms with Gasteiger partial charge in [-0.2, -0.15) is 0 Å². The van der Waals surface area contributed by atoms with E-state index in [0.29, 0.717) is 12.8 Å². The Kier molecular flexibility index (Phi) is 3.73. The van der Waals surface area contributed by atoms with Crippen LogP contribution < -0.4 is 16.4 Å². The van der Waals surface area contributed by atoms with Crippen LogP contribution in [0.1, 0.15) is 39.5 Å². The molecule has 1 spiro atoms. The van der Waals surface area contributed by atoms with Gasteiger partial charge in [0.05, 0.1) is 0 Å². The number of imide groups is 1. The van der Waals surface area contributed by atoms with Gasteiger partial charge in [0.2, 0.25) is 5.91 Å². The molecule has 0 aromatic rings. The lowest BCUT2D eigenvalue weighted by Gasteiger charge is -2.25. The minimum atomic E-state index is -0.763. The van der Waals surface area contributed by atoms with Crippen molar-refractivity contribution in [3.8, 4) is 0 Å². The van der Waals surface area contributed by atoms with E-state index in [1.807, 2.05) is 0 Å². The lowest BCUT2D eigenvalue weighted by atomic mass is 9.98. The largest absolute Gasteiger partial charge is 0.348 e. The molecule has 1 aliphatic carbocycles. The standard InChI is InChI=1S/C13H22N4O3/c1-12(2,8-14)15-9(18)7-17-10(19)13(16-11(17)20)5-3-4-6-13/h3-8,14H2,1-2H3,(H,15,18)(H,16,20). The molecule has 0 radical (unpaired) electrons. The Bertz CT molecular complexity index is 441. The molecule has 0 atom stereocenters. The molecule has 2 rings (SSSR count). The molecule has 1 heterocycles. The van der Waals surface area contributed by atoms with E-state index < -0.39 is 17.1 Å². The highest BCUT2D eigenvalue weighted by atomic mass is 16.2. The minimum Gasteiger partial charge on any atom is -0.348 e. The molecule has 0 bridgehead atoms. The summed E-state index contributed by atoms with van der Waals surface area (Å²) >= 11 is 0. The van der Waals surface area contributed by atoms with E-state index in [1.165, 1.54) is 0 Å². The highest BCUT2D eigenvalue weighted by Crippen LogP contribution is 2.34. The number of nitrogens with zero attached hydrogens (tertiary/aromatic N) is 1. The van der Waals surface area contributed by atoms with Crippen LogP contribution in [-0.4, -0.2) is 46.9 Å². The summed E-state index contributed by atoms with van der Waals surface area (Å²) in [6, 6.07) is -0.474. The number of rotatable bonds is 4. The average molecular weight is 282 g/mol. The van der Waals surface area contributed by atoms with Crippen LogP contribution in [0.25, 0.3) is 0 Å². The minimum absolute atomic E-state index is 0.254. The van der Waals surface area contributed by atoms with Crippen LogP contribution in [0.3, 0.4) is 0 Å². The maximum atomic E-state index is 12.3. The van der Waals surface area contributed by atoms with Crippen LogP contribution in [0, 0.1) is 0 Å². The molecule has 2 fully saturated rings. The number of nitrogens with two attached hydrogens (primary N) is 1. The third-order valence-electron chi connectivity index (χ3n) is 3.99. The summed E-state index contributed by atoms with van der Waals surface area (Å²) in [5, 5.41) is 5.46. The second kappa shape index (κ2) is 5.05. The van der Waals surface area contributed by atoms with Crippen molar-refractivity contribution in [1.29, 1.82) is 0 Å². The molecule has 1 saturated heterocycles. The van der Waals surface area contributed by atoms with Crippen molar-refractivity contribution >= 4 is 17.8 Å². The van der Waals surface area contributed by atoms with Gasteiger partial charge in [0.15, 0.2) is 0 Å². The van der Waals surface area contributed by atoms with Gasteiger partial charge in [-0.25, -0.2) is 4.79 Å². The maximum absolute atomic E-state index is 12.3. The maximum Gasteiger partial charge on any atom is 0.325 e. The fraction of sp³-hybridized carbons (Fsp3) is 0.769. The molecule has 20 heavy (non-hydrogen) atoms. The molecule has 7 heteroatoms. The molecule has 0 aromatic heterocycles. The van der Waals surface area contributed by atoms with Gasteiger partial charge in [-0.3, -0.25) is 14.5 Å². The smallest absolute Gasteiger partial charge is 0.325 e. The second-order valence-corrected chi connectivity index (χ2v) is 6.25. The fourth-order valence-corrected chi connectivity index (χ4v) is 2.75. The zero-order valence-electron chi connectivity index (χ0n) is 12.0. The number of carbonyl (C=O) groups is 3. The molecular formula is C13H22N4O3. The van der Waals surface area contributed by atoms with Crippen LogP contribution in [0.15, 0.2) is 0 Å². The first-order valence-electron chi connectivity index (χ1n) is 6.95. The van der Waals surface area contributed by atoms with Crippen LogP contribution in [0.4, 0.5) is 4.79 Å². The molecular weight excluding hydrogens is 260 g/mol. The Hall–Kier alpha value is -1.63. The number of nitrogens with one attached hydrogen (secondary N) is 2. The van der Waals surface area contributed by atoms with Crippen molar-refractivity contribution in [3.63, 3.8) is 0 Å². The van der Waals surface area contributed by atoms with Crippen molar-refractivity contribution in [2.75, 3.05) is 13.1 Å². The van der Waals surface area contributed by atoms with E-state index in [1.54, 1.807) is 13.8 Å². The topological polar surface area (TPSA) is 105 Å². The van der Waals surface area contributed by atoms with E-state index in [0.717, 1.165) is 17.7 Å². The number of amides is 4. The van der Waals surface area contributed by atoms with Crippen molar-refractivity contribution in [2.24, 2.45) is 5.73 Å². The van der Waals surface area contributed by atoms with Crippen LogP contribution in [0.2, 0.25) is 0 Å². The van der Waals surface area contributed by atoms with Gasteiger partial charge in [-0.05, 0) is 26.7 Å². The number of urea groups is 1. The van der Waals surface area contributed by atoms with E-state index in [4.69, 9.17) is 5.73 Å². The highest BCUT2D eigenvalue weighted by molar-refractivity contribution is 6.09. The Morgan fingerprint density at radius 3 is 2.55 bits per heavy atom. The Labute approximate surface area is 118 Å². The summed E-state index contributed by atoms with van der Waals surface area (Å²) in [4.78, 5) is 37.2. The SMILES string of the molecule is CC(C)(CN)NC(=O)CN1C(=O)NC2(CCCC2)C1=O. The van der Waals surface area contributed by atoms with E-state index in [9.17, 15) is 14.4 Å². The zero-order chi connectivity index (χ0) is 15.0. The molecule has 4 amide bonds. The molecule has 1 saturated carbocycles. The lowest BCUT2D eigenvalue weighted by Crippen LogP contribution is -2.52. The van der Waals surface area contributed by atoms with Crippen LogP contribution in [-0.2, 0) is 9.59 Å². The van der Waals surface area contributed by atoms with E-state index in [-0.39, 0.29) is 24.9 Å². The van der Waals surface area contributed by atoms with Crippen LogP contribution in [0.5, 0.6) is 0 Å². The van der Waals surface area contributed by atoms with Gasteiger partial charge in [-0.15, -0.1) is 0 Å². The third kappa shape index (κ3) is 2.63. The Morgan fingerprint density at radius 1 is 1.40 bits per heavy atom. The van der Waals surface area contributed by atoms with Crippen molar-refractivity contribution in [3.05, 3.63) is 0 Å². The normalized spacial score (nSPS) is 21.4. The zero-order valence-corrected chi connectivity index (χ0v) is 12.0. The Morgan fingerprint density at radius 2 is 2.00 bits per heavy atom. The number of hydrogen-bond acceptors (Lipinski definition) is 4. The first kappa shape index (κ1) is 14.8. The molecule has 112 valence electrons. The summed E-state index contributed by atoms with van der Waals surface area (Å²) < 4.78 is 0. The average Bonchev–Trinajstić information content (AvgIpc) is 2.91. The summed E-state index contributed by atoms with van der Waals surface area (Å²) in [6.45, 7) is 3.60. The predicted molar refractivity (Wildman–Crippen MR) is 72.7 cm³/mol. The Balaban J connectivity index is 2.01. The molecule has 0 aromatic carbocycles. The van der Waals surface area contributed by atoms with Gasteiger partial charge < -0.3 is 16.4 Å². The summed E-state index contributed by atoms with van der Waals surface area (Å²) in [5.74, 6) is -0.653. The molecule has 2 aliphatic rings. The lowest BCUT2D eigenvalue weighted by molar-refractivity contribution is -0.135. The van der Waals surface area contributed by atoms with Gasteiger partial charge in [0, 0.05) is 12.1 Å². The van der Waals surface area contributed by atoms with Gasteiger partial charge in [-0.1, -0.05) is 12.8 Å². The third-order valence-corrected chi connectivity index (χ3v) is 3.99. The van der Waals surface area contributed by atoms with Crippen molar-refractivity contribution in [2.45, 2.75) is 50.6 Å². The van der Waals surface area contributed by atoms with Gasteiger partial charge >= 0.3 is 6.03 Å². The quantitative estimate of drug-likeness (QED) is 0.616. The molecule has 0 unspecified atom stereocenters. The fourth-order valence-electron chi connectivity index (χ4n) is 2.75. The first-order chi connectivity index (χ1) is 9.30. The monoisotopic (exact) mass is 282 g/mol. The predicted octanol–water partition coefficient (Wildman–Crippen LogP) is -0.295. The second-order valence-electron chi connectivity index (χ2n) is 6.25. The van der Waals surface area contributed by atoms with Gasteiger partial charge in [0.25, 0.3) is 5.91 Å². The summed E-state index contributed by atoms with van der Waals surface area (Å²) in [6.07, 6.45) is 3.16. The number of carbonyl (C=O) groups excluding carboxylic acids is 3. The van der Waals surface area contributed by atoms with Crippen LogP contribution >= 0.6 is 0 Å². The highest BCUT2D eigenvalue weighted by Gasteiger charge is 2.52. The van der Waals surface area contributed by atoms with Gasteiger partial charge in [0.1, 0.15) is 12.1 Å². The summed E-state index contributed by atoms with van der Waals surface area (Å²) in [5.41, 5.74) is 4.22. The molecule has 4 N–H and O–H groups in total. The molecule has 1 aliphatic heterocycles. The van der Waals surface area contributed by atoms with E-state index in [2.05, 4.69) is 10.6 Å². The molecule has 7 nitrogen and oxygen atoms in total. The number of hydrogen-bond donors (Lipinski definition) is 3. The van der Waals surface area contributed by atoms with Crippen molar-refractivity contribution in [1.82, 2.24) is 15.5 Å². The summed E-state index contributed by atoms with van der Waals surface area (Å²) in [7, 11) is 0. The first-order valence-corrected chi connectivity index (χ1v) is 6.95.